The van der Waals surface area contributed by atoms with E-state index in [-0.39, 0.29) is 28.2 Å². The Kier molecular flexibility index (Phi) is 8.04. The molecule has 0 aliphatic carbocycles. The summed E-state index contributed by atoms with van der Waals surface area (Å²) in [4.78, 5) is 24.1. The second kappa shape index (κ2) is 10.3. The molecule has 0 heterocycles. The monoisotopic (exact) mass is 448 g/mol. The average Bonchev–Trinajstić information content (AvgIpc) is 2.72. The highest BCUT2D eigenvalue weighted by Gasteiger charge is 2.23. The van der Waals surface area contributed by atoms with Crippen LogP contribution in [-0.2, 0) is 19.6 Å². The lowest BCUT2D eigenvalue weighted by atomic mass is 10.1. The van der Waals surface area contributed by atoms with Gasteiger partial charge in [0.25, 0.3) is 15.9 Å². The summed E-state index contributed by atoms with van der Waals surface area (Å²) in [5.74, 6) is -0.951. The molecule has 0 saturated carbocycles. The first-order chi connectivity index (χ1) is 14.5. The summed E-state index contributed by atoms with van der Waals surface area (Å²) in [5.41, 5.74) is 1.34. The van der Waals surface area contributed by atoms with E-state index in [9.17, 15) is 18.0 Å². The summed E-state index contributed by atoms with van der Waals surface area (Å²) >= 11 is 0. The highest BCUT2D eigenvalue weighted by Crippen LogP contribution is 2.27. The van der Waals surface area contributed by atoms with Crippen LogP contribution in [-0.4, -0.2) is 40.1 Å². The Morgan fingerprint density at radius 3 is 2.26 bits per heavy atom. The Bertz CT molecular complexity index is 1030. The highest BCUT2D eigenvalue weighted by molar-refractivity contribution is 7.92. The van der Waals surface area contributed by atoms with E-state index in [1.807, 2.05) is 27.7 Å². The van der Waals surface area contributed by atoms with Gasteiger partial charge in [-0.2, -0.15) is 0 Å². The van der Waals surface area contributed by atoms with Gasteiger partial charge in [-0.3, -0.25) is 9.52 Å². The number of ether oxygens (including phenoxy) is 2. The summed E-state index contributed by atoms with van der Waals surface area (Å²) in [5, 5.41) is 2.73. The molecule has 9 heteroatoms. The number of rotatable bonds is 9. The van der Waals surface area contributed by atoms with Crippen LogP contribution in [0.25, 0.3) is 0 Å². The molecule has 168 valence electrons. The molecule has 0 aliphatic rings. The number of benzene rings is 2. The van der Waals surface area contributed by atoms with E-state index in [0.29, 0.717) is 5.69 Å². The number of carbonyl (C=O) groups is 2. The maximum absolute atomic E-state index is 12.9. The van der Waals surface area contributed by atoms with Crippen LogP contribution in [0.5, 0.6) is 5.75 Å². The molecule has 0 fully saturated rings. The molecule has 0 aromatic heterocycles. The number of methoxy groups -OCH3 is 1. The number of nitrogens with one attached hydrogen (secondary N) is 2. The number of hydrogen-bond acceptors (Lipinski definition) is 6. The van der Waals surface area contributed by atoms with Crippen LogP contribution in [0.4, 0.5) is 5.69 Å². The van der Waals surface area contributed by atoms with Gasteiger partial charge in [0.1, 0.15) is 10.6 Å². The van der Waals surface area contributed by atoms with Crippen LogP contribution in [0.1, 0.15) is 36.7 Å². The first-order valence-electron chi connectivity index (χ1n) is 9.77. The van der Waals surface area contributed by atoms with E-state index in [4.69, 9.17) is 9.47 Å². The van der Waals surface area contributed by atoms with Gasteiger partial charge in [-0.1, -0.05) is 31.5 Å². The molecular weight excluding hydrogens is 420 g/mol. The predicted octanol–water partition coefficient (Wildman–Crippen LogP) is 3.12. The van der Waals surface area contributed by atoms with E-state index in [1.54, 1.807) is 24.3 Å². The van der Waals surface area contributed by atoms with Gasteiger partial charge in [-0.25, -0.2) is 13.2 Å². The smallest absolute Gasteiger partial charge is 0.338 e. The Morgan fingerprint density at radius 1 is 1.03 bits per heavy atom. The molecule has 31 heavy (non-hydrogen) atoms. The average molecular weight is 449 g/mol. The van der Waals surface area contributed by atoms with Gasteiger partial charge >= 0.3 is 5.97 Å². The summed E-state index contributed by atoms with van der Waals surface area (Å²) in [6, 6.07) is 10.6. The van der Waals surface area contributed by atoms with Crippen molar-refractivity contribution in [1.29, 1.82) is 0 Å². The van der Waals surface area contributed by atoms with Crippen molar-refractivity contribution in [2.24, 2.45) is 5.92 Å². The summed E-state index contributed by atoms with van der Waals surface area (Å²) in [7, 11) is -2.71. The van der Waals surface area contributed by atoms with Gasteiger partial charge < -0.3 is 14.8 Å². The van der Waals surface area contributed by atoms with E-state index in [2.05, 4.69) is 10.0 Å². The van der Waals surface area contributed by atoms with Gasteiger partial charge in [-0.15, -0.1) is 0 Å². The Balaban J connectivity index is 2.18. The maximum Gasteiger partial charge on any atom is 0.338 e. The minimum Gasteiger partial charge on any atom is -0.495 e. The summed E-state index contributed by atoms with van der Waals surface area (Å²) in [6.07, 6.45) is 0. The fraction of sp³-hybridized carbons (Fsp3) is 0.364. The van der Waals surface area contributed by atoms with Crippen molar-refractivity contribution in [3.63, 3.8) is 0 Å². The Hall–Kier alpha value is -3.07. The lowest BCUT2D eigenvalue weighted by molar-refractivity contribution is -0.125. The quantitative estimate of drug-likeness (QED) is 0.570. The molecule has 1 atom stereocenters. The fourth-order valence-electron chi connectivity index (χ4n) is 2.52. The van der Waals surface area contributed by atoms with Crippen LogP contribution in [0, 0.1) is 12.8 Å². The number of carbonyl (C=O) groups excluding carboxylic acids is 2. The van der Waals surface area contributed by atoms with Crippen molar-refractivity contribution in [1.82, 2.24) is 5.32 Å². The zero-order valence-electron chi connectivity index (χ0n) is 18.3. The number of anilines is 1. The molecule has 0 saturated heterocycles. The zero-order valence-corrected chi connectivity index (χ0v) is 19.1. The number of sulfonamides is 1. The number of amides is 1. The molecule has 2 N–H and O–H groups in total. The summed E-state index contributed by atoms with van der Waals surface area (Å²) < 4.78 is 38.4. The second-order valence-electron chi connectivity index (χ2n) is 7.51. The normalized spacial score (nSPS) is 12.2. The van der Waals surface area contributed by atoms with Crippen molar-refractivity contribution in [2.45, 2.75) is 38.6 Å². The van der Waals surface area contributed by atoms with Crippen LogP contribution in [0.2, 0.25) is 0 Å². The van der Waals surface area contributed by atoms with Gasteiger partial charge in [0, 0.05) is 11.7 Å². The third kappa shape index (κ3) is 6.71. The number of esters is 1. The fourth-order valence-corrected chi connectivity index (χ4v) is 3.78. The third-order valence-corrected chi connectivity index (χ3v) is 6.12. The lowest BCUT2D eigenvalue weighted by Crippen LogP contribution is -2.38. The van der Waals surface area contributed by atoms with Gasteiger partial charge in [0.2, 0.25) is 0 Å². The molecule has 0 bridgehead atoms. The van der Waals surface area contributed by atoms with Crippen molar-refractivity contribution in [3.05, 3.63) is 53.6 Å². The standard InChI is InChI=1S/C22H28N2O6S/c1-14(2)16(4)23-21(25)13-30-22(26)17-8-11-19(29-5)20(12-17)31(27,28)24-18-9-6-15(3)7-10-18/h6-12,14,16,24H,13H2,1-5H3,(H,23,25). The molecule has 0 radical (unpaired) electrons. The third-order valence-electron chi connectivity index (χ3n) is 4.72. The van der Waals surface area contributed by atoms with Crippen LogP contribution >= 0.6 is 0 Å². The first-order valence-corrected chi connectivity index (χ1v) is 11.3. The van der Waals surface area contributed by atoms with Gasteiger partial charge in [0.15, 0.2) is 6.61 Å². The highest BCUT2D eigenvalue weighted by atomic mass is 32.2. The molecular formula is C22H28N2O6S. The Morgan fingerprint density at radius 2 is 1.68 bits per heavy atom. The topological polar surface area (TPSA) is 111 Å². The van der Waals surface area contributed by atoms with Crippen molar-refractivity contribution < 1.29 is 27.5 Å². The maximum atomic E-state index is 12.9. The number of aryl methyl sites for hydroxylation is 1. The SMILES string of the molecule is COc1ccc(C(=O)OCC(=O)NC(C)C(C)C)cc1S(=O)(=O)Nc1ccc(C)cc1. The second-order valence-corrected chi connectivity index (χ2v) is 9.16. The largest absolute Gasteiger partial charge is 0.495 e. The lowest BCUT2D eigenvalue weighted by Gasteiger charge is -2.17. The zero-order chi connectivity index (χ0) is 23.2. The van der Waals surface area contributed by atoms with Crippen molar-refractivity contribution >= 4 is 27.6 Å². The molecule has 8 nitrogen and oxygen atoms in total. The number of hydrogen-bond donors (Lipinski definition) is 2. The molecule has 1 amide bonds. The van der Waals surface area contributed by atoms with E-state index in [1.165, 1.54) is 19.2 Å². The minimum absolute atomic E-state index is 0.0187. The molecule has 2 aromatic rings. The van der Waals surface area contributed by atoms with Crippen LogP contribution in [0.3, 0.4) is 0 Å². The van der Waals surface area contributed by atoms with E-state index in [0.717, 1.165) is 11.6 Å². The molecule has 1 unspecified atom stereocenters. The first kappa shape index (κ1) is 24.2. The van der Waals surface area contributed by atoms with Gasteiger partial charge in [-0.05, 0) is 50.1 Å². The molecule has 0 spiro atoms. The van der Waals surface area contributed by atoms with E-state index < -0.39 is 28.5 Å². The predicted molar refractivity (Wildman–Crippen MR) is 118 cm³/mol. The molecule has 2 aromatic carbocycles. The van der Waals surface area contributed by atoms with Crippen molar-refractivity contribution in [2.75, 3.05) is 18.4 Å². The Labute approximate surface area is 183 Å². The molecule has 0 aliphatic heterocycles. The van der Waals surface area contributed by atoms with Gasteiger partial charge in [0.05, 0.1) is 12.7 Å². The molecule has 2 rings (SSSR count). The van der Waals surface area contributed by atoms with E-state index >= 15 is 0 Å². The minimum atomic E-state index is -4.04. The van der Waals surface area contributed by atoms with Crippen LogP contribution in [0.15, 0.2) is 47.4 Å². The van der Waals surface area contributed by atoms with Crippen LogP contribution < -0.4 is 14.8 Å². The van der Waals surface area contributed by atoms with Crippen molar-refractivity contribution in [3.8, 4) is 5.75 Å². The summed E-state index contributed by atoms with van der Waals surface area (Å²) in [6.45, 7) is 7.19.